The molecular weight excluding hydrogens is 294 g/mol. The zero-order valence-corrected chi connectivity index (χ0v) is 12.6. The van der Waals surface area contributed by atoms with Gasteiger partial charge in [0.15, 0.2) is 6.39 Å². The predicted molar refractivity (Wildman–Crippen MR) is 73.7 cm³/mol. The van der Waals surface area contributed by atoms with Crippen molar-refractivity contribution in [3.05, 3.63) is 17.8 Å². The lowest BCUT2D eigenvalue weighted by atomic mass is 9.94. The molecule has 1 aliphatic heterocycles. The molecule has 1 amide bonds. The number of hydrogen-bond acceptors (Lipinski definition) is 4. The lowest BCUT2D eigenvalue weighted by Gasteiger charge is -2.37. The van der Waals surface area contributed by atoms with Gasteiger partial charge in [0.1, 0.15) is 0 Å². The van der Waals surface area contributed by atoms with Crippen LogP contribution < -0.4 is 0 Å². The highest BCUT2D eigenvalue weighted by Gasteiger charge is 2.46. The first-order chi connectivity index (χ1) is 10.5. The van der Waals surface area contributed by atoms with Gasteiger partial charge < -0.3 is 14.1 Å². The van der Waals surface area contributed by atoms with Crippen LogP contribution in [0.25, 0.3) is 0 Å². The number of ether oxygens (including phenoxy) is 1. The van der Waals surface area contributed by atoms with Gasteiger partial charge >= 0.3 is 0 Å². The lowest BCUT2D eigenvalue weighted by molar-refractivity contribution is -0.123. The van der Waals surface area contributed by atoms with Gasteiger partial charge in [-0.3, -0.25) is 4.79 Å². The summed E-state index contributed by atoms with van der Waals surface area (Å²) in [5, 5.41) is 0. The molecule has 3 rings (SSSR count). The molecule has 1 saturated heterocycles. The van der Waals surface area contributed by atoms with E-state index in [1.165, 1.54) is 11.3 Å². The number of hydrogen-bond donors (Lipinski definition) is 0. The van der Waals surface area contributed by atoms with Gasteiger partial charge in [0.2, 0.25) is 5.76 Å². The number of nitrogens with zero attached hydrogens (tertiary/aromatic N) is 2. The average Bonchev–Trinajstić information content (AvgIpc) is 3.20. The third kappa shape index (κ3) is 3.29. The highest BCUT2D eigenvalue weighted by Crippen LogP contribution is 2.35. The van der Waals surface area contributed by atoms with E-state index in [1.54, 1.807) is 6.92 Å². The fourth-order valence-corrected chi connectivity index (χ4v) is 2.65. The average molecular weight is 314 g/mol. The van der Waals surface area contributed by atoms with Crippen LogP contribution in [-0.2, 0) is 4.74 Å². The van der Waals surface area contributed by atoms with Gasteiger partial charge in [-0.05, 0) is 25.7 Å². The molecule has 0 spiro atoms. The Balaban J connectivity index is 1.61. The summed E-state index contributed by atoms with van der Waals surface area (Å²) in [7, 11) is 0. The minimum absolute atomic E-state index is 0.0112. The van der Waals surface area contributed by atoms with Crippen LogP contribution in [0.5, 0.6) is 0 Å². The van der Waals surface area contributed by atoms with E-state index in [0.29, 0.717) is 18.2 Å². The van der Waals surface area contributed by atoms with Crippen LogP contribution in [0.3, 0.4) is 0 Å². The van der Waals surface area contributed by atoms with Crippen LogP contribution in [0.2, 0.25) is 0 Å². The number of alkyl halides is 2. The van der Waals surface area contributed by atoms with Crippen LogP contribution in [-0.4, -0.2) is 48.0 Å². The summed E-state index contributed by atoms with van der Waals surface area (Å²) in [6.07, 6.45) is 3.09. The summed E-state index contributed by atoms with van der Waals surface area (Å²) >= 11 is 0. The van der Waals surface area contributed by atoms with Gasteiger partial charge in [0.25, 0.3) is 11.8 Å². The van der Waals surface area contributed by atoms with Crippen LogP contribution in [0.4, 0.5) is 8.78 Å². The van der Waals surface area contributed by atoms with Crippen molar-refractivity contribution < 1.29 is 22.7 Å². The van der Waals surface area contributed by atoms with Crippen LogP contribution in [0.1, 0.15) is 35.5 Å². The van der Waals surface area contributed by atoms with E-state index in [9.17, 15) is 13.6 Å². The van der Waals surface area contributed by atoms with Gasteiger partial charge in [-0.2, -0.15) is 0 Å². The molecule has 0 bridgehead atoms. The van der Waals surface area contributed by atoms with Crippen LogP contribution in [0.15, 0.2) is 10.8 Å². The van der Waals surface area contributed by atoms with E-state index in [-0.39, 0.29) is 37.8 Å². The molecule has 0 N–H and O–H groups in total. The smallest absolute Gasteiger partial charge is 0.291 e. The fourth-order valence-electron chi connectivity index (χ4n) is 2.65. The van der Waals surface area contributed by atoms with Crippen molar-refractivity contribution in [2.75, 3.05) is 26.3 Å². The molecule has 1 aromatic rings. The zero-order chi connectivity index (χ0) is 15.7. The molecule has 1 aliphatic carbocycles. The highest BCUT2D eigenvalue weighted by atomic mass is 19.3. The topological polar surface area (TPSA) is 55.6 Å². The Hall–Kier alpha value is -1.50. The second-order valence-corrected chi connectivity index (χ2v) is 6.21. The summed E-state index contributed by atoms with van der Waals surface area (Å²) in [6.45, 7) is 2.19. The maximum Gasteiger partial charge on any atom is 0.291 e. The van der Waals surface area contributed by atoms with Gasteiger partial charge in [0, 0.05) is 26.1 Å². The minimum Gasteiger partial charge on any atom is -0.438 e. The van der Waals surface area contributed by atoms with Gasteiger partial charge in [-0.15, -0.1) is 0 Å². The summed E-state index contributed by atoms with van der Waals surface area (Å²) in [5.41, 5.74) is 0.476. The molecule has 1 atom stereocenters. The number of likely N-dealkylation sites (tertiary alicyclic amines) is 1. The summed E-state index contributed by atoms with van der Waals surface area (Å²) in [6, 6.07) is 0. The third-order valence-electron chi connectivity index (χ3n) is 4.35. The Morgan fingerprint density at radius 3 is 2.91 bits per heavy atom. The normalized spacial score (nSPS) is 24.5. The number of aryl methyl sites for hydroxylation is 1. The molecule has 7 heteroatoms. The van der Waals surface area contributed by atoms with Crippen LogP contribution >= 0.6 is 0 Å². The first-order valence-electron chi connectivity index (χ1n) is 7.62. The van der Waals surface area contributed by atoms with E-state index in [4.69, 9.17) is 9.15 Å². The molecule has 2 heterocycles. The maximum absolute atomic E-state index is 14.0. The van der Waals surface area contributed by atoms with Gasteiger partial charge in [-0.1, -0.05) is 0 Å². The largest absolute Gasteiger partial charge is 0.438 e. The summed E-state index contributed by atoms with van der Waals surface area (Å²) in [4.78, 5) is 17.6. The van der Waals surface area contributed by atoms with Gasteiger partial charge in [-0.25, -0.2) is 13.8 Å². The Morgan fingerprint density at radius 1 is 1.50 bits per heavy atom. The first kappa shape index (κ1) is 15.4. The first-order valence-corrected chi connectivity index (χ1v) is 7.62. The number of carbonyl (C=O) groups is 1. The van der Waals surface area contributed by atoms with E-state index < -0.39 is 11.8 Å². The van der Waals surface area contributed by atoms with E-state index in [0.717, 1.165) is 12.8 Å². The molecule has 5 nitrogen and oxygen atoms in total. The Kier molecular flexibility index (Phi) is 4.16. The predicted octanol–water partition coefficient (Wildman–Crippen LogP) is 2.51. The highest BCUT2D eigenvalue weighted by molar-refractivity contribution is 5.92. The van der Waals surface area contributed by atoms with Crippen molar-refractivity contribution in [1.29, 1.82) is 0 Å². The van der Waals surface area contributed by atoms with Crippen LogP contribution in [0, 0.1) is 18.8 Å². The van der Waals surface area contributed by atoms with Crippen molar-refractivity contribution in [2.24, 2.45) is 11.8 Å². The Morgan fingerprint density at radius 2 is 2.27 bits per heavy atom. The summed E-state index contributed by atoms with van der Waals surface area (Å²) < 4.78 is 38.5. The van der Waals surface area contributed by atoms with E-state index in [2.05, 4.69) is 4.98 Å². The van der Waals surface area contributed by atoms with E-state index in [1.807, 2.05) is 0 Å². The quantitative estimate of drug-likeness (QED) is 0.838. The number of aromatic nitrogens is 1. The molecule has 1 saturated carbocycles. The molecule has 1 aromatic heterocycles. The minimum atomic E-state index is -2.79. The van der Waals surface area contributed by atoms with Gasteiger partial charge in [0.05, 0.1) is 18.2 Å². The lowest BCUT2D eigenvalue weighted by Crippen LogP contribution is -2.51. The van der Waals surface area contributed by atoms with E-state index >= 15 is 0 Å². The SMILES string of the molecule is Cc1ncoc1C(=O)N1CCC(F)(F)C(COCC2CC2)C1. The molecule has 0 aromatic carbocycles. The number of rotatable bonds is 5. The molecule has 0 radical (unpaired) electrons. The zero-order valence-electron chi connectivity index (χ0n) is 12.6. The number of halogens is 2. The maximum atomic E-state index is 14.0. The standard InChI is InChI=1S/C15H20F2N2O3/c1-10-13(22-9-18-10)14(20)19-5-4-15(16,17)12(6-19)8-21-7-11-2-3-11/h9,11-12H,2-8H2,1H3. The fraction of sp³-hybridized carbons (Fsp3) is 0.733. The molecule has 122 valence electrons. The molecule has 1 unspecified atom stereocenters. The monoisotopic (exact) mass is 314 g/mol. The molecule has 2 fully saturated rings. The Bertz CT molecular complexity index is 543. The second-order valence-electron chi connectivity index (χ2n) is 6.21. The number of oxazole rings is 1. The second kappa shape index (κ2) is 5.95. The number of piperidine rings is 1. The molecular formula is C15H20F2N2O3. The van der Waals surface area contributed by atoms with Crippen molar-refractivity contribution >= 4 is 5.91 Å². The third-order valence-corrected chi connectivity index (χ3v) is 4.35. The number of amides is 1. The Labute approximate surface area is 127 Å². The van der Waals surface area contributed by atoms with Crippen molar-refractivity contribution in [1.82, 2.24) is 9.88 Å². The van der Waals surface area contributed by atoms with Crippen molar-refractivity contribution in [2.45, 2.75) is 32.1 Å². The molecule has 2 aliphatic rings. The number of carbonyl (C=O) groups excluding carboxylic acids is 1. The molecule has 22 heavy (non-hydrogen) atoms. The van der Waals surface area contributed by atoms with Crippen molar-refractivity contribution in [3.63, 3.8) is 0 Å². The summed E-state index contributed by atoms with van der Waals surface area (Å²) in [5.74, 6) is -3.48. The van der Waals surface area contributed by atoms with Crippen molar-refractivity contribution in [3.8, 4) is 0 Å².